The summed E-state index contributed by atoms with van der Waals surface area (Å²) in [6.07, 6.45) is 0. The summed E-state index contributed by atoms with van der Waals surface area (Å²) in [6.45, 7) is 4.78. The first-order valence-corrected chi connectivity index (χ1v) is 17.4. The van der Waals surface area contributed by atoms with Gasteiger partial charge in [-0.1, -0.05) is 159 Å². The number of rotatable bonds is 6. The van der Waals surface area contributed by atoms with Gasteiger partial charge in [-0.2, -0.15) is 0 Å². The summed E-state index contributed by atoms with van der Waals surface area (Å²) in [4.78, 5) is 2.40. The van der Waals surface area contributed by atoms with Crippen LogP contribution in [0.25, 0.3) is 55.3 Å². The van der Waals surface area contributed by atoms with Gasteiger partial charge < -0.3 is 4.90 Å². The Kier molecular flexibility index (Phi) is 7.21. The van der Waals surface area contributed by atoms with Crippen LogP contribution in [0.3, 0.4) is 0 Å². The third kappa shape index (κ3) is 5.02. The number of anilines is 3. The largest absolute Gasteiger partial charge is 0.310 e. The summed E-state index contributed by atoms with van der Waals surface area (Å²) < 4.78 is 0. The molecule has 1 aliphatic carbocycles. The van der Waals surface area contributed by atoms with Crippen LogP contribution < -0.4 is 4.90 Å². The first-order chi connectivity index (χ1) is 24.6. The lowest BCUT2D eigenvalue weighted by Gasteiger charge is -2.27. The molecule has 0 aromatic heterocycles. The van der Waals surface area contributed by atoms with Gasteiger partial charge in [0.1, 0.15) is 0 Å². The lowest BCUT2D eigenvalue weighted by atomic mass is 9.79. The molecule has 1 aliphatic rings. The Labute approximate surface area is 294 Å². The maximum Gasteiger partial charge on any atom is 0.0468 e. The van der Waals surface area contributed by atoms with E-state index in [0.717, 1.165) is 17.1 Å². The van der Waals surface area contributed by atoms with Crippen molar-refractivity contribution in [3.8, 4) is 44.5 Å². The summed E-state index contributed by atoms with van der Waals surface area (Å²) in [5, 5.41) is 2.61. The average molecular weight is 640 g/mol. The van der Waals surface area contributed by atoms with Gasteiger partial charge >= 0.3 is 0 Å². The van der Waals surface area contributed by atoms with Crippen molar-refractivity contribution in [1.82, 2.24) is 0 Å². The summed E-state index contributed by atoms with van der Waals surface area (Å²) in [7, 11) is 0. The Bertz CT molecular complexity index is 2380. The molecule has 0 atom stereocenters. The van der Waals surface area contributed by atoms with Crippen molar-refractivity contribution in [2.45, 2.75) is 19.3 Å². The van der Waals surface area contributed by atoms with Crippen LogP contribution in [0.4, 0.5) is 17.1 Å². The van der Waals surface area contributed by atoms with E-state index in [0.29, 0.717) is 0 Å². The molecule has 0 unspecified atom stereocenters. The SMILES string of the molecule is CC1(C)c2ccc(N(c3ccc(-c4ccccc4)cc3)c3ccc(-c4ccccc4)cc3)cc2-c2c(-c3ccccc3)cc3ccccc3c21. The lowest BCUT2D eigenvalue weighted by Crippen LogP contribution is -2.16. The summed E-state index contributed by atoms with van der Waals surface area (Å²) >= 11 is 0. The third-order valence-electron chi connectivity index (χ3n) is 10.4. The van der Waals surface area contributed by atoms with Crippen LogP contribution >= 0.6 is 0 Å². The van der Waals surface area contributed by atoms with E-state index in [9.17, 15) is 0 Å². The summed E-state index contributed by atoms with van der Waals surface area (Å²) in [5.74, 6) is 0. The van der Waals surface area contributed by atoms with Crippen molar-refractivity contribution in [1.29, 1.82) is 0 Å². The normalized spacial score (nSPS) is 12.8. The fourth-order valence-corrected chi connectivity index (χ4v) is 7.99. The van der Waals surface area contributed by atoms with Gasteiger partial charge in [-0.25, -0.2) is 0 Å². The molecule has 0 aliphatic heterocycles. The van der Waals surface area contributed by atoms with Crippen LogP contribution in [-0.4, -0.2) is 0 Å². The van der Waals surface area contributed by atoms with Crippen molar-refractivity contribution in [3.05, 3.63) is 199 Å². The Hall–Kier alpha value is -6.18. The molecule has 0 saturated carbocycles. The number of hydrogen-bond donors (Lipinski definition) is 0. The third-order valence-corrected chi connectivity index (χ3v) is 10.4. The second-order valence-electron chi connectivity index (χ2n) is 13.8. The Balaban J connectivity index is 1.24. The van der Waals surface area contributed by atoms with E-state index in [1.165, 1.54) is 66.4 Å². The zero-order chi connectivity index (χ0) is 33.7. The van der Waals surface area contributed by atoms with Gasteiger partial charge in [0.25, 0.3) is 0 Å². The fourth-order valence-electron chi connectivity index (χ4n) is 7.99. The smallest absolute Gasteiger partial charge is 0.0468 e. The molecule has 8 aromatic rings. The molecule has 0 spiro atoms. The van der Waals surface area contributed by atoms with Gasteiger partial charge in [-0.05, 0) is 109 Å². The van der Waals surface area contributed by atoms with Crippen molar-refractivity contribution in [2.75, 3.05) is 4.90 Å². The highest BCUT2D eigenvalue weighted by Gasteiger charge is 2.39. The van der Waals surface area contributed by atoms with Crippen molar-refractivity contribution < 1.29 is 0 Å². The molecule has 0 N–H and O–H groups in total. The van der Waals surface area contributed by atoms with Gasteiger partial charge in [0, 0.05) is 22.5 Å². The van der Waals surface area contributed by atoms with Gasteiger partial charge in [0.15, 0.2) is 0 Å². The van der Waals surface area contributed by atoms with Gasteiger partial charge in [0.05, 0.1) is 0 Å². The molecular formula is C49H37N. The molecule has 1 heteroatoms. The molecule has 9 rings (SSSR count). The van der Waals surface area contributed by atoms with Crippen LogP contribution in [0, 0.1) is 0 Å². The van der Waals surface area contributed by atoms with Crippen LogP contribution in [-0.2, 0) is 5.41 Å². The Morgan fingerprint density at radius 3 is 1.40 bits per heavy atom. The molecule has 0 saturated heterocycles. The molecule has 0 amide bonds. The van der Waals surface area contributed by atoms with E-state index in [2.05, 4.69) is 207 Å². The summed E-state index contributed by atoms with van der Waals surface area (Å²) in [5.41, 5.74) is 16.0. The predicted molar refractivity (Wildman–Crippen MR) is 213 cm³/mol. The van der Waals surface area contributed by atoms with Gasteiger partial charge in [-0.3, -0.25) is 0 Å². The minimum atomic E-state index is -0.160. The van der Waals surface area contributed by atoms with Crippen molar-refractivity contribution in [2.24, 2.45) is 0 Å². The Morgan fingerprint density at radius 2 is 0.840 bits per heavy atom. The zero-order valence-electron chi connectivity index (χ0n) is 28.3. The zero-order valence-corrected chi connectivity index (χ0v) is 28.3. The minimum Gasteiger partial charge on any atom is -0.310 e. The van der Waals surface area contributed by atoms with Gasteiger partial charge in [0.2, 0.25) is 0 Å². The fraction of sp³-hybridized carbons (Fsp3) is 0.0612. The van der Waals surface area contributed by atoms with Crippen LogP contribution in [0.1, 0.15) is 25.0 Å². The van der Waals surface area contributed by atoms with E-state index in [4.69, 9.17) is 0 Å². The quantitative estimate of drug-likeness (QED) is 0.175. The van der Waals surface area contributed by atoms with E-state index in [-0.39, 0.29) is 5.41 Å². The first-order valence-electron chi connectivity index (χ1n) is 17.4. The topological polar surface area (TPSA) is 3.24 Å². The molecule has 1 nitrogen and oxygen atoms in total. The van der Waals surface area contributed by atoms with Crippen molar-refractivity contribution >= 4 is 27.8 Å². The predicted octanol–water partition coefficient (Wildman–Crippen LogP) is 13.6. The molecule has 0 fully saturated rings. The Morgan fingerprint density at radius 1 is 0.380 bits per heavy atom. The summed E-state index contributed by atoms with van der Waals surface area (Å²) in [6, 6.07) is 68.4. The van der Waals surface area contributed by atoms with Crippen LogP contribution in [0.5, 0.6) is 0 Å². The molecule has 238 valence electrons. The van der Waals surface area contributed by atoms with Crippen molar-refractivity contribution in [3.63, 3.8) is 0 Å². The highest BCUT2D eigenvalue weighted by Crippen LogP contribution is 2.56. The first kappa shape index (κ1) is 29.9. The maximum atomic E-state index is 2.43. The van der Waals surface area contributed by atoms with Crippen LogP contribution in [0.2, 0.25) is 0 Å². The lowest BCUT2D eigenvalue weighted by molar-refractivity contribution is 0.666. The monoisotopic (exact) mass is 639 g/mol. The number of benzene rings is 8. The standard InChI is InChI=1S/C49H37N/c1-49(2)46-31-30-42(33-45(46)47-44(38-18-10-5-11-19-38)32-39-20-12-13-21-43(39)48(47)49)50(40-26-22-36(23-27-40)34-14-6-3-7-15-34)41-28-24-37(25-29-41)35-16-8-4-9-17-35/h3-33H,1-2H3. The minimum absolute atomic E-state index is 0.160. The molecule has 8 aromatic carbocycles. The van der Waals surface area contributed by atoms with E-state index in [1.807, 2.05) is 0 Å². The second kappa shape index (κ2) is 12.1. The number of fused-ring (bicyclic) bond motifs is 5. The average Bonchev–Trinajstić information content (AvgIpc) is 3.42. The van der Waals surface area contributed by atoms with E-state index in [1.54, 1.807) is 0 Å². The molecule has 0 bridgehead atoms. The molecule has 0 heterocycles. The van der Waals surface area contributed by atoms with Gasteiger partial charge in [-0.15, -0.1) is 0 Å². The van der Waals surface area contributed by atoms with E-state index >= 15 is 0 Å². The number of nitrogens with zero attached hydrogens (tertiary/aromatic N) is 1. The molecule has 50 heavy (non-hydrogen) atoms. The highest BCUT2D eigenvalue weighted by atomic mass is 15.1. The molecular weight excluding hydrogens is 603 g/mol. The second-order valence-corrected chi connectivity index (χ2v) is 13.8. The highest BCUT2D eigenvalue weighted by molar-refractivity contribution is 6.05. The van der Waals surface area contributed by atoms with E-state index < -0.39 is 0 Å². The number of hydrogen-bond acceptors (Lipinski definition) is 1. The van der Waals surface area contributed by atoms with Crippen LogP contribution in [0.15, 0.2) is 188 Å². The molecule has 0 radical (unpaired) electrons. The maximum absolute atomic E-state index is 2.43.